The zero-order valence-corrected chi connectivity index (χ0v) is 18.2. The minimum absolute atomic E-state index is 0.0296. The lowest BCUT2D eigenvalue weighted by molar-refractivity contribution is -0.137. The number of hydroxylamine groups is 1. The van der Waals surface area contributed by atoms with E-state index in [0.717, 1.165) is 13.8 Å². The first kappa shape index (κ1) is 25.3. The minimum Gasteiger partial charge on any atom is -0.375 e. The first-order valence-corrected chi connectivity index (χ1v) is 10.0. The van der Waals surface area contributed by atoms with Crippen molar-refractivity contribution in [2.45, 2.75) is 31.9 Å². The highest BCUT2D eigenvalue weighted by molar-refractivity contribution is 7.15. The number of benzene rings is 1. The number of rotatable bonds is 6. The molecule has 0 aliphatic heterocycles. The Labute approximate surface area is 191 Å². The Morgan fingerprint density at radius 2 is 1.82 bits per heavy atom. The van der Waals surface area contributed by atoms with Gasteiger partial charge in [0.25, 0.3) is 18.2 Å². The summed E-state index contributed by atoms with van der Waals surface area (Å²) in [6.45, 7) is 1.85. The van der Waals surface area contributed by atoms with Crippen molar-refractivity contribution >= 4 is 34.2 Å². The maximum Gasteiger partial charge on any atom is 0.268 e. The van der Waals surface area contributed by atoms with Crippen LogP contribution in [0.2, 0.25) is 0 Å². The number of carbonyl (C=O) groups excluding carboxylic acids is 3. The van der Waals surface area contributed by atoms with Crippen LogP contribution in [0.3, 0.4) is 0 Å². The molecule has 6 N–H and O–H groups in total. The molecule has 2 atom stereocenters. The van der Waals surface area contributed by atoms with Gasteiger partial charge in [0.2, 0.25) is 5.91 Å². The van der Waals surface area contributed by atoms with Crippen molar-refractivity contribution in [2.75, 3.05) is 5.73 Å². The third-order valence-electron chi connectivity index (χ3n) is 4.27. The van der Waals surface area contributed by atoms with Crippen LogP contribution >= 0.6 is 11.3 Å². The molecule has 2 rings (SSSR count). The third kappa shape index (κ3) is 6.74. The fourth-order valence-electron chi connectivity index (χ4n) is 2.65. The molecule has 2 aromatic rings. The second-order valence-corrected chi connectivity index (χ2v) is 7.85. The Morgan fingerprint density at radius 3 is 2.33 bits per heavy atom. The van der Waals surface area contributed by atoms with Gasteiger partial charge in [-0.05, 0) is 49.0 Å². The lowest BCUT2D eigenvalue weighted by Gasteiger charge is -2.36. The lowest BCUT2D eigenvalue weighted by atomic mass is 9.91. The number of hydrogen-bond acceptors (Lipinski definition) is 7. The highest BCUT2D eigenvalue weighted by Gasteiger charge is 2.48. The van der Waals surface area contributed by atoms with E-state index in [9.17, 15) is 23.2 Å². The van der Waals surface area contributed by atoms with Gasteiger partial charge >= 0.3 is 0 Å². The van der Waals surface area contributed by atoms with E-state index >= 15 is 0 Å². The van der Waals surface area contributed by atoms with Crippen molar-refractivity contribution < 1.29 is 28.4 Å². The Morgan fingerprint density at radius 1 is 1.18 bits per heavy atom. The van der Waals surface area contributed by atoms with Crippen LogP contribution in [0.15, 0.2) is 30.5 Å². The van der Waals surface area contributed by atoms with Crippen LogP contribution in [-0.4, -0.2) is 45.9 Å². The largest absolute Gasteiger partial charge is 0.375 e. The summed E-state index contributed by atoms with van der Waals surface area (Å²) in [4.78, 5) is 40.5. The SMILES string of the molecule is CC(=O)NC(C)(C(F)F)[C@H](NC(=O)c1ccc(C#CC#Cc2cnc(N)s2)cc1)C(=O)NO. The van der Waals surface area contributed by atoms with Gasteiger partial charge in [-0.2, -0.15) is 0 Å². The number of carbonyl (C=O) groups is 3. The van der Waals surface area contributed by atoms with Crippen molar-refractivity contribution in [2.24, 2.45) is 0 Å². The molecule has 0 saturated carbocycles. The molecule has 0 spiro atoms. The molecule has 9 nitrogen and oxygen atoms in total. The molecule has 0 aliphatic carbocycles. The number of amides is 3. The quantitative estimate of drug-likeness (QED) is 0.238. The van der Waals surface area contributed by atoms with Gasteiger partial charge in [0, 0.05) is 18.1 Å². The number of thiazole rings is 1. The van der Waals surface area contributed by atoms with Crippen LogP contribution in [0.1, 0.15) is 34.6 Å². The summed E-state index contributed by atoms with van der Waals surface area (Å²) >= 11 is 1.22. The molecule has 0 aliphatic rings. The van der Waals surface area contributed by atoms with E-state index in [-0.39, 0.29) is 5.56 Å². The van der Waals surface area contributed by atoms with Gasteiger partial charge in [0.05, 0.1) is 11.1 Å². The maximum atomic E-state index is 13.7. The summed E-state index contributed by atoms with van der Waals surface area (Å²) in [7, 11) is 0. The van der Waals surface area contributed by atoms with E-state index in [0.29, 0.717) is 15.6 Å². The zero-order chi connectivity index (χ0) is 24.6. The molecule has 172 valence electrons. The van der Waals surface area contributed by atoms with Crippen molar-refractivity contribution in [3.8, 4) is 23.7 Å². The summed E-state index contributed by atoms with van der Waals surface area (Å²) in [6.07, 6.45) is -1.72. The second-order valence-electron chi connectivity index (χ2n) is 6.79. The van der Waals surface area contributed by atoms with Crippen LogP contribution in [0.25, 0.3) is 0 Å². The summed E-state index contributed by atoms with van der Waals surface area (Å²) < 4.78 is 27.4. The highest BCUT2D eigenvalue weighted by Crippen LogP contribution is 2.21. The Kier molecular flexibility index (Phi) is 8.45. The predicted octanol–water partition coefficient (Wildman–Crippen LogP) is 0.892. The molecule has 12 heteroatoms. The molecule has 1 aromatic carbocycles. The maximum absolute atomic E-state index is 13.7. The molecule has 1 unspecified atom stereocenters. The summed E-state index contributed by atoms with van der Waals surface area (Å²) in [5, 5.41) is 13.4. The van der Waals surface area contributed by atoms with Crippen molar-refractivity contribution in [1.29, 1.82) is 0 Å². The van der Waals surface area contributed by atoms with E-state index in [1.54, 1.807) is 0 Å². The van der Waals surface area contributed by atoms with E-state index in [1.165, 1.54) is 47.3 Å². The molecule has 1 aromatic heterocycles. The third-order valence-corrected chi connectivity index (χ3v) is 5.01. The lowest BCUT2D eigenvalue weighted by Crippen LogP contribution is -2.68. The Balaban J connectivity index is 2.17. The molecule has 0 bridgehead atoms. The van der Waals surface area contributed by atoms with E-state index in [1.807, 2.05) is 5.32 Å². The second kappa shape index (κ2) is 11.0. The molecular formula is C21H19F2N5O4S. The summed E-state index contributed by atoms with van der Waals surface area (Å²) in [5.41, 5.74) is 4.80. The number of halogens is 2. The fourth-order valence-corrected chi connectivity index (χ4v) is 3.18. The average molecular weight is 475 g/mol. The number of aromatic nitrogens is 1. The molecule has 33 heavy (non-hydrogen) atoms. The average Bonchev–Trinajstić information content (AvgIpc) is 3.19. The van der Waals surface area contributed by atoms with E-state index in [4.69, 9.17) is 10.9 Å². The first-order valence-electron chi connectivity index (χ1n) is 9.22. The van der Waals surface area contributed by atoms with E-state index in [2.05, 4.69) is 34.0 Å². The number of hydrogen-bond donors (Lipinski definition) is 5. The Bertz CT molecular complexity index is 1160. The highest BCUT2D eigenvalue weighted by atomic mass is 32.1. The smallest absolute Gasteiger partial charge is 0.268 e. The van der Waals surface area contributed by atoms with Gasteiger partial charge in [-0.1, -0.05) is 17.3 Å². The van der Waals surface area contributed by atoms with Gasteiger partial charge < -0.3 is 16.4 Å². The number of nitrogen functional groups attached to an aromatic ring is 1. The summed E-state index contributed by atoms with van der Waals surface area (Å²) in [6, 6.07) is 3.74. The van der Waals surface area contributed by atoms with Gasteiger partial charge in [-0.15, -0.1) is 0 Å². The van der Waals surface area contributed by atoms with Gasteiger partial charge in [0.1, 0.15) is 11.6 Å². The molecular weight excluding hydrogens is 456 g/mol. The number of nitrogens with one attached hydrogen (secondary N) is 3. The van der Waals surface area contributed by atoms with Gasteiger partial charge in [-0.3, -0.25) is 19.6 Å². The van der Waals surface area contributed by atoms with Crippen molar-refractivity contribution in [3.05, 3.63) is 46.5 Å². The molecule has 0 fully saturated rings. The van der Waals surface area contributed by atoms with Crippen LogP contribution in [0.5, 0.6) is 0 Å². The molecule has 3 amide bonds. The summed E-state index contributed by atoms with van der Waals surface area (Å²) in [5.74, 6) is 7.75. The Hall–Kier alpha value is -4.00. The number of nitrogens with zero attached hydrogens (tertiary/aromatic N) is 1. The zero-order valence-electron chi connectivity index (χ0n) is 17.4. The molecule has 0 radical (unpaired) electrons. The molecule has 1 heterocycles. The van der Waals surface area contributed by atoms with Crippen LogP contribution in [-0.2, 0) is 9.59 Å². The topological polar surface area (TPSA) is 146 Å². The minimum atomic E-state index is -3.25. The number of anilines is 1. The predicted molar refractivity (Wildman–Crippen MR) is 116 cm³/mol. The van der Waals surface area contributed by atoms with Crippen molar-refractivity contribution in [1.82, 2.24) is 21.1 Å². The fraction of sp³-hybridized carbons (Fsp3) is 0.238. The van der Waals surface area contributed by atoms with Gasteiger partial charge in [-0.25, -0.2) is 19.2 Å². The van der Waals surface area contributed by atoms with Crippen LogP contribution < -0.4 is 21.8 Å². The monoisotopic (exact) mass is 475 g/mol. The van der Waals surface area contributed by atoms with E-state index < -0.39 is 35.7 Å². The van der Waals surface area contributed by atoms with Crippen LogP contribution in [0.4, 0.5) is 13.9 Å². The molecule has 0 saturated heterocycles. The number of nitrogens with two attached hydrogens (primary N) is 1. The van der Waals surface area contributed by atoms with Crippen molar-refractivity contribution in [3.63, 3.8) is 0 Å². The number of alkyl halides is 2. The van der Waals surface area contributed by atoms with Crippen LogP contribution in [0, 0.1) is 23.7 Å². The standard InChI is InChI=1S/C21H19F2N5O4S/c1-12(29)27-21(2,19(22)23)16(18(31)28-32)26-17(30)14-9-7-13(8-10-14)5-3-4-6-15-11-25-20(24)33-15/h7-11,16,19,32H,1-2H3,(H2,24,25)(H,26,30)(H,27,29)(H,28,31)/t16-,21?/m1/s1. The first-order chi connectivity index (χ1) is 15.6. The van der Waals surface area contributed by atoms with Gasteiger partial charge in [0.15, 0.2) is 5.13 Å². The normalized spacial score (nSPS) is 12.8.